The van der Waals surface area contributed by atoms with E-state index in [0.29, 0.717) is 5.75 Å². The highest BCUT2D eigenvalue weighted by molar-refractivity contribution is 5.34. The van der Waals surface area contributed by atoms with Gasteiger partial charge < -0.3 is 15.3 Å². The molecule has 0 aromatic heterocycles. The van der Waals surface area contributed by atoms with Crippen LogP contribution in [0.2, 0.25) is 0 Å². The molecule has 1 unspecified atom stereocenters. The summed E-state index contributed by atoms with van der Waals surface area (Å²) in [6, 6.07) is 7.62. The summed E-state index contributed by atoms with van der Waals surface area (Å²) in [5.74, 6) is 0.357. The van der Waals surface area contributed by atoms with Crippen LogP contribution in [0.15, 0.2) is 24.3 Å². The van der Waals surface area contributed by atoms with Gasteiger partial charge in [-0.1, -0.05) is 18.2 Å². The predicted molar refractivity (Wildman–Crippen MR) is 72.3 cm³/mol. The number of phenolic OH excluding ortho intramolecular Hbond substituents is 1. The van der Waals surface area contributed by atoms with Gasteiger partial charge in [0.05, 0.1) is 0 Å². The van der Waals surface area contributed by atoms with Gasteiger partial charge >= 0.3 is 0 Å². The van der Waals surface area contributed by atoms with Gasteiger partial charge in [0, 0.05) is 23.7 Å². The number of nitrogens with one attached hydrogen (secondary N) is 1. The number of hydrogen-bond donors (Lipinski definition) is 2. The lowest BCUT2D eigenvalue weighted by atomic mass is 10.0. The lowest BCUT2D eigenvalue weighted by Crippen LogP contribution is -2.47. The molecule has 2 N–H and O–H groups in total. The Hall–Kier alpha value is -1.06. The number of benzene rings is 1. The molecule has 0 aliphatic rings. The maximum absolute atomic E-state index is 9.77. The zero-order chi connectivity index (χ0) is 13.1. The summed E-state index contributed by atoms with van der Waals surface area (Å²) in [6.07, 6.45) is 0. The van der Waals surface area contributed by atoms with Crippen LogP contribution in [0, 0.1) is 0 Å². The first-order chi connectivity index (χ1) is 7.84. The molecular weight excluding hydrogens is 212 g/mol. The van der Waals surface area contributed by atoms with E-state index in [2.05, 4.69) is 45.1 Å². The number of aromatic hydroxyl groups is 1. The smallest absolute Gasteiger partial charge is 0.120 e. The summed E-state index contributed by atoms with van der Waals surface area (Å²) in [5.41, 5.74) is 1.04. The van der Waals surface area contributed by atoms with E-state index in [-0.39, 0.29) is 11.6 Å². The predicted octanol–water partition coefficient (Wildman–Crippen LogP) is 2.38. The summed E-state index contributed by atoms with van der Waals surface area (Å²) in [4.78, 5) is 2.19. The van der Waals surface area contributed by atoms with Crippen LogP contribution in [0.3, 0.4) is 0 Å². The van der Waals surface area contributed by atoms with Crippen LogP contribution in [0.1, 0.15) is 32.4 Å². The highest BCUT2D eigenvalue weighted by atomic mass is 16.3. The molecule has 3 heteroatoms. The minimum atomic E-state index is 0.0959. The number of phenols is 1. The molecule has 3 nitrogen and oxygen atoms in total. The molecule has 96 valence electrons. The lowest BCUT2D eigenvalue weighted by Gasteiger charge is -2.34. The van der Waals surface area contributed by atoms with Crippen molar-refractivity contribution in [2.24, 2.45) is 0 Å². The Bertz CT molecular complexity index is 361. The number of likely N-dealkylation sites (N-methyl/N-ethyl adjacent to an activating group) is 1. The van der Waals surface area contributed by atoms with Gasteiger partial charge in [0.25, 0.3) is 0 Å². The standard InChI is InChI=1S/C14H24N2O/c1-11(12-8-6-7-9-13(12)17)15-10-14(2,3)16(4)5/h6-9,11,15,17H,10H2,1-5H3. The molecule has 0 spiro atoms. The van der Waals surface area contributed by atoms with Gasteiger partial charge in [-0.2, -0.15) is 0 Å². The topological polar surface area (TPSA) is 35.5 Å². The molecule has 0 saturated carbocycles. The average molecular weight is 236 g/mol. The first-order valence-corrected chi connectivity index (χ1v) is 6.03. The van der Waals surface area contributed by atoms with Crippen molar-refractivity contribution in [1.29, 1.82) is 0 Å². The molecule has 0 aliphatic heterocycles. The Morgan fingerprint density at radius 1 is 1.29 bits per heavy atom. The van der Waals surface area contributed by atoms with Gasteiger partial charge in [-0.05, 0) is 40.9 Å². The van der Waals surface area contributed by atoms with E-state index in [1.807, 2.05) is 18.2 Å². The molecule has 17 heavy (non-hydrogen) atoms. The van der Waals surface area contributed by atoms with Crippen LogP contribution in [-0.4, -0.2) is 36.2 Å². The second-order valence-electron chi connectivity index (χ2n) is 5.37. The van der Waals surface area contributed by atoms with Gasteiger partial charge in [-0.25, -0.2) is 0 Å². The van der Waals surface area contributed by atoms with E-state index in [1.165, 1.54) is 0 Å². The van der Waals surface area contributed by atoms with E-state index < -0.39 is 0 Å². The SMILES string of the molecule is CC(NCC(C)(C)N(C)C)c1ccccc1O. The molecule has 0 radical (unpaired) electrons. The van der Waals surface area contributed by atoms with Gasteiger partial charge in [0.15, 0.2) is 0 Å². The lowest BCUT2D eigenvalue weighted by molar-refractivity contribution is 0.185. The van der Waals surface area contributed by atoms with Gasteiger partial charge in [0.2, 0.25) is 0 Å². The second kappa shape index (κ2) is 5.52. The molecule has 1 aromatic carbocycles. The third-order valence-corrected chi connectivity index (χ3v) is 3.45. The zero-order valence-corrected chi connectivity index (χ0v) is 11.5. The molecule has 0 amide bonds. The Morgan fingerprint density at radius 3 is 2.41 bits per heavy atom. The van der Waals surface area contributed by atoms with Crippen molar-refractivity contribution in [3.8, 4) is 5.75 Å². The van der Waals surface area contributed by atoms with Crippen molar-refractivity contribution in [1.82, 2.24) is 10.2 Å². The molecule has 0 aliphatic carbocycles. The second-order valence-corrected chi connectivity index (χ2v) is 5.37. The maximum atomic E-state index is 9.77. The third-order valence-electron chi connectivity index (χ3n) is 3.45. The van der Waals surface area contributed by atoms with Crippen molar-refractivity contribution < 1.29 is 5.11 Å². The van der Waals surface area contributed by atoms with E-state index in [0.717, 1.165) is 12.1 Å². The Morgan fingerprint density at radius 2 is 1.88 bits per heavy atom. The molecule has 1 aromatic rings. The summed E-state index contributed by atoms with van der Waals surface area (Å²) in [5, 5.41) is 13.2. The molecule has 0 heterocycles. The quantitative estimate of drug-likeness (QED) is 0.824. The number of nitrogens with zero attached hydrogens (tertiary/aromatic N) is 1. The fourth-order valence-corrected chi connectivity index (χ4v) is 1.52. The Balaban J connectivity index is 2.62. The summed E-state index contributed by atoms with van der Waals surface area (Å²) < 4.78 is 0. The van der Waals surface area contributed by atoms with E-state index in [9.17, 15) is 5.11 Å². The first-order valence-electron chi connectivity index (χ1n) is 6.03. The Labute approximate surface area is 104 Å². The molecule has 0 bridgehead atoms. The summed E-state index contributed by atoms with van der Waals surface area (Å²) in [6.45, 7) is 7.32. The summed E-state index contributed by atoms with van der Waals surface area (Å²) >= 11 is 0. The molecule has 0 fully saturated rings. The molecule has 0 saturated heterocycles. The third kappa shape index (κ3) is 3.72. The van der Waals surface area contributed by atoms with Gasteiger partial charge in [0.1, 0.15) is 5.75 Å². The average Bonchev–Trinajstić information content (AvgIpc) is 2.26. The van der Waals surface area contributed by atoms with Crippen molar-refractivity contribution in [3.63, 3.8) is 0 Å². The van der Waals surface area contributed by atoms with Crippen molar-refractivity contribution in [2.45, 2.75) is 32.4 Å². The number of hydrogen-bond acceptors (Lipinski definition) is 3. The fraction of sp³-hybridized carbons (Fsp3) is 0.571. The highest BCUT2D eigenvalue weighted by Gasteiger charge is 2.21. The zero-order valence-electron chi connectivity index (χ0n) is 11.5. The van der Waals surface area contributed by atoms with Crippen LogP contribution < -0.4 is 5.32 Å². The normalized spacial score (nSPS) is 14.0. The van der Waals surface area contributed by atoms with Gasteiger partial charge in [-0.15, -0.1) is 0 Å². The van der Waals surface area contributed by atoms with Crippen LogP contribution in [0.25, 0.3) is 0 Å². The van der Waals surface area contributed by atoms with Crippen LogP contribution in [0.5, 0.6) is 5.75 Å². The van der Waals surface area contributed by atoms with E-state index >= 15 is 0 Å². The van der Waals surface area contributed by atoms with Crippen LogP contribution >= 0.6 is 0 Å². The van der Waals surface area contributed by atoms with Crippen LogP contribution in [0.4, 0.5) is 0 Å². The van der Waals surface area contributed by atoms with Crippen molar-refractivity contribution in [2.75, 3.05) is 20.6 Å². The van der Waals surface area contributed by atoms with E-state index in [4.69, 9.17) is 0 Å². The minimum Gasteiger partial charge on any atom is -0.508 e. The fourth-order valence-electron chi connectivity index (χ4n) is 1.52. The molecule has 1 rings (SSSR count). The monoisotopic (exact) mass is 236 g/mol. The van der Waals surface area contributed by atoms with Crippen LogP contribution in [-0.2, 0) is 0 Å². The summed E-state index contributed by atoms with van der Waals surface area (Å²) in [7, 11) is 4.15. The maximum Gasteiger partial charge on any atom is 0.120 e. The minimum absolute atomic E-state index is 0.0959. The first kappa shape index (κ1) is 14.0. The number of rotatable bonds is 5. The highest BCUT2D eigenvalue weighted by Crippen LogP contribution is 2.23. The molecule has 1 atom stereocenters. The van der Waals surface area contributed by atoms with E-state index in [1.54, 1.807) is 6.07 Å². The molecular formula is C14H24N2O. The largest absolute Gasteiger partial charge is 0.508 e. The van der Waals surface area contributed by atoms with Crippen molar-refractivity contribution in [3.05, 3.63) is 29.8 Å². The number of para-hydroxylation sites is 1. The van der Waals surface area contributed by atoms with Gasteiger partial charge in [-0.3, -0.25) is 0 Å². The Kier molecular flexibility index (Phi) is 4.54. The van der Waals surface area contributed by atoms with Crippen molar-refractivity contribution >= 4 is 0 Å².